The Labute approximate surface area is 79.5 Å². The highest BCUT2D eigenvalue weighted by atomic mass is 16.6. The SMILES string of the molecule is O=C(O)C(CCO)(OCCO)C(=O)O. The quantitative estimate of drug-likeness (QED) is 0.367. The molecule has 0 aliphatic carbocycles. The topological polar surface area (TPSA) is 124 Å². The van der Waals surface area contributed by atoms with Gasteiger partial charge in [-0.05, 0) is 0 Å². The molecule has 0 aromatic rings. The Kier molecular flexibility index (Phi) is 5.06. The van der Waals surface area contributed by atoms with Crippen molar-refractivity contribution < 1.29 is 34.8 Å². The third-order valence-corrected chi connectivity index (χ3v) is 1.59. The van der Waals surface area contributed by atoms with Gasteiger partial charge in [0.2, 0.25) is 0 Å². The first-order valence-corrected chi connectivity index (χ1v) is 3.83. The van der Waals surface area contributed by atoms with Crippen molar-refractivity contribution in [1.82, 2.24) is 0 Å². The zero-order valence-corrected chi connectivity index (χ0v) is 7.34. The Morgan fingerprint density at radius 3 is 1.86 bits per heavy atom. The van der Waals surface area contributed by atoms with Gasteiger partial charge in [0.05, 0.1) is 13.2 Å². The number of carboxylic acids is 2. The van der Waals surface area contributed by atoms with E-state index in [9.17, 15) is 9.59 Å². The average Bonchev–Trinajstić information content (AvgIpc) is 2.11. The first-order chi connectivity index (χ1) is 6.51. The van der Waals surface area contributed by atoms with E-state index in [1.807, 2.05) is 0 Å². The molecule has 0 aliphatic heterocycles. The van der Waals surface area contributed by atoms with Gasteiger partial charge in [-0.1, -0.05) is 0 Å². The molecule has 82 valence electrons. The highest BCUT2D eigenvalue weighted by Gasteiger charge is 2.47. The molecule has 7 heteroatoms. The monoisotopic (exact) mass is 208 g/mol. The molecule has 0 rings (SSSR count). The Morgan fingerprint density at radius 2 is 1.57 bits per heavy atom. The number of ether oxygens (including phenoxy) is 1. The highest BCUT2D eigenvalue weighted by molar-refractivity contribution is 6.01. The van der Waals surface area contributed by atoms with E-state index in [0.29, 0.717) is 0 Å². The van der Waals surface area contributed by atoms with E-state index in [1.54, 1.807) is 0 Å². The van der Waals surface area contributed by atoms with Crippen molar-refractivity contribution in [2.24, 2.45) is 0 Å². The van der Waals surface area contributed by atoms with Gasteiger partial charge in [-0.3, -0.25) is 0 Å². The zero-order valence-electron chi connectivity index (χ0n) is 7.34. The van der Waals surface area contributed by atoms with Crippen LogP contribution in [0.3, 0.4) is 0 Å². The Balaban J connectivity index is 4.75. The van der Waals surface area contributed by atoms with E-state index < -0.39 is 43.8 Å². The van der Waals surface area contributed by atoms with Crippen LogP contribution in [0.4, 0.5) is 0 Å². The van der Waals surface area contributed by atoms with Crippen molar-refractivity contribution in [2.75, 3.05) is 19.8 Å². The number of aliphatic hydroxyl groups excluding tert-OH is 2. The molecule has 0 heterocycles. The van der Waals surface area contributed by atoms with Gasteiger partial charge >= 0.3 is 11.9 Å². The molecule has 14 heavy (non-hydrogen) atoms. The van der Waals surface area contributed by atoms with Gasteiger partial charge in [0, 0.05) is 13.0 Å². The molecule has 0 fully saturated rings. The minimum Gasteiger partial charge on any atom is -0.479 e. The maximum Gasteiger partial charge on any atom is 0.347 e. The molecule has 0 spiro atoms. The van der Waals surface area contributed by atoms with Gasteiger partial charge in [-0.15, -0.1) is 0 Å². The lowest BCUT2D eigenvalue weighted by Crippen LogP contribution is -2.50. The molecule has 0 aromatic carbocycles. The van der Waals surface area contributed by atoms with Crippen LogP contribution < -0.4 is 0 Å². The number of hydrogen-bond donors (Lipinski definition) is 4. The number of carboxylic acid groups (broad SMARTS) is 2. The fourth-order valence-corrected chi connectivity index (χ4v) is 0.878. The molecule has 0 radical (unpaired) electrons. The second kappa shape index (κ2) is 5.53. The summed E-state index contributed by atoms with van der Waals surface area (Å²) in [6.45, 7) is -1.55. The highest BCUT2D eigenvalue weighted by Crippen LogP contribution is 2.16. The van der Waals surface area contributed by atoms with Crippen LogP contribution in [0, 0.1) is 0 Å². The maximum absolute atomic E-state index is 10.7. The molecular formula is C7H12O7. The van der Waals surface area contributed by atoms with Crippen LogP contribution in [0.1, 0.15) is 6.42 Å². The number of aliphatic carboxylic acids is 2. The summed E-state index contributed by atoms with van der Waals surface area (Å²) in [7, 11) is 0. The number of carbonyl (C=O) groups is 2. The molecule has 0 aromatic heterocycles. The molecule has 4 N–H and O–H groups in total. The number of aliphatic hydroxyl groups is 2. The van der Waals surface area contributed by atoms with E-state index in [1.165, 1.54) is 0 Å². The number of hydrogen-bond acceptors (Lipinski definition) is 5. The van der Waals surface area contributed by atoms with Gasteiger partial charge in [-0.2, -0.15) is 0 Å². The molecule has 0 atom stereocenters. The van der Waals surface area contributed by atoms with Gasteiger partial charge < -0.3 is 25.2 Å². The van der Waals surface area contributed by atoms with Gasteiger partial charge in [0.25, 0.3) is 5.60 Å². The summed E-state index contributed by atoms with van der Waals surface area (Å²) in [4.78, 5) is 21.3. The molecule has 0 bridgehead atoms. The molecule has 0 saturated carbocycles. The van der Waals surface area contributed by atoms with Crippen molar-refractivity contribution in [1.29, 1.82) is 0 Å². The second-order valence-corrected chi connectivity index (χ2v) is 2.48. The summed E-state index contributed by atoms with van der Waals surface area (Å²) in [6, 6.07) is 0. The molecule has 7 nitrogen and oxygen atoms in total. The summed E-state index contributed by atoms with van der Waals surface area (Å²) in [6.07, 6.45) is -0.572. The fourth-order valence-electron chi connectivity index (χ4n) is 0.878. The molecule has 0 amide bonds. The van der Waals surface area contributed by atoms with E-state index in [-0.39, 0.29) is 0 Å². The van der Waals surface area contributed by atoms with Crippen molar-refractivity contribution in [3.63, 3.8) is 0 Å². The molecule has 0 unspecified atom stereocenters. The lowest BCUT2D eigenvalue weighted by molar-refractivity contribution is -0.186. The summed E-state index contributed by atoms with van der Waals surface area (Å²) >= 11 is 0. The minimum absolute atomic E-state index is 0.418. The summed E-state index contributed by atoms with van der Waals surface area (Å²) in [5.74, 6) is -3.40. The Morgan fingerprint density at radius 1 is 1.07 bits per heavy atom. The van der Waals surface area contributed by atoms with Crippen LogP contribution in [-0.2, 0) is 14.3 Å². The predicted molar refractivity (Wildman–Crippen MR) is 42.7 cm³/mol. The van der Waals surface area contributed by atoms with Gasteiger partial charge in [0.15, 0.2) is 0 Å². The lowest BCUT2D eigenvalue weighted by atomic mass is 10.0. The minimum atomic E-state index is -2.47. The molecule has 0 aliphatic rings. The zero-order chi connectivity index (χ0) is 11.2. The van der Waals surface area contributed by atoms with Crippen molar-refractivity contribution in [2.45, 2.75) is 12.0 Å². The second-order valence-electron chi connectivity index (χ2n) is 2.48. The number of rotatable bonds is 7. The van der Waals surface area contributed by atoms with E-state index in [2.05, 4.69) is 4.74 Å². The summed E-state index contributed by atoms with van der Waals surface area (Å²) < 4.78 is 4.53. The van der Waals surface area contributed by atoms with Crippen LogP contribution in [0.2, 0.25) is 0 Å². The van der Waals surface area contributed by atoms with Crippen molar-refractivity contribution in [3.05, 3.63) is 0 Å². The molecular weight excluding hydrogens is 196 g/mol. The van der Waals surface area contributed by atoms with Crippen molar-refractivity contribution in [3.8, 4) is 0 Å². The normalized spacial score (nSPS) is 11.3. The average molecular weight is 208 g/mol. The largest absolute Gasteiger partial charge is 0.479 e. The smallest absolute Gasteiger partial charge is 0.347 e. The predicted octanol–water partition coefficient (Wildman–Crippen LogP) is -1.71. The van der Waals surface area contributed by atoms with Crippen LogP contribution in [0.25, 0.3) is 0 Å². The standard InChI is InChI=1S/C7H12O7/c8-2-1-7(5(10)11,6(12)13)14-4-3-9/h8-9H,1-4H2,(H,10,11)(H,12,13). The van der Waals surface area contributed by atoms with Crippen LogP contribution in [0.15, 0.2) is 0 Å². The maximum atomic E-state index is 10.7. The third-order valence-electron chi connectivity index (χ3n) is 1.59. The third kappa shape index (κ3) is 2.66. The van der Waals surface area contributed by atoms with Crippen molar-refractivity contribution >= 4 is 11.9 Å². The molecule has 0 saturated heterocycles. The van der Waals surface area contributed by atoms with Crippen LogP contribution in [-0.4, -0.2) is 57.8 Å². The Bertz CT molecular complexity index is 198. The van der Waals surface area contributed by atoms with E-state index in [4.69, 9.17) is 20.4 Å². The lowest BCUT2D eigenvalue weighted by Gasteiger charge is -2.23. The van der Waals surface area contributed by atoms with Crippen LogP contribution in [0.5, 0.6) is 0 Å². The van der Waals surface area contributed by atoms with Crippen LogP contribution >= 0.6 is 0 Å². The Hall–Kier alpha value is -1.18. The van der Waals surface area contributed by atoms with E-state index >= 15 is 0 Å². The first-order valence-electron chi connectivity index (χ1n) is 3.83. The van der Waals surface area contributed by atoms with Gasteiger partial charge in [-0.25, -0.2) is 9.59 Å². The summed E-state index contributed by atoms with van der Waals surface area (Å²) in [5.41, 5.74) is -2.47. The van der Waals surface area contributed by atoms with E-state index in [0.717, 1.165) is 0 Å². The fraction of sp³-hybridized carbons (Fsp3) is 0.714. The first kappa shape index (κ1) is 12.8. The summed E-state index contributed by atoms with van der Waals surface area (Å²) in [5, 5.41) is 34.2. The van der Waals surface area contributed by atoms with Gasteiger partial charge in [0.1, 0.15) is 0 Å².